The Bertz CT molecular complexity index is 1390. The quantitative estimate of drug-likeness (QED) is 0.410. The summed E-state index contributed by atoms with van der Waals surface area (Å²) < 4.78 is 67.7. The molecule has 0 amide bonds. The third-order valence-electron chi connectivity index (χ3n) is 6.08. The minimum absolute atomic E-state index is 0.0367. The van der Waals surface area contributed by atoms with Crippen LogP contribution in [0.15, 0.2) is 18.3 Å². The van der Waals surface area contributed by atoms with Crippen molar-refractivity contribution in [3.05, 3.63) is 35.0 Å². The smallest absolute Gasteiger partial charge is 0.258 e. The molecule has 196 valence electrons. The van der Waals surface area contributed by atoms with Gasteiger partial charge >= 0.3 is 0 Å². The molecular weight excluding hydrogens is 525 g/mol. The number of anilines is 1. The molecule has 1 saturated heterocycles. The zero-order chi connectivity index (χ0) is 26.4. The van der Waals surface area contributed by atoms with Gasteiger partial charge in [0, 0.05) is 18.7 Å². The van der Waals surface area contributed by atoms with Gasteiger partial charge in [-0.05, 0) is 25.5 Å². The highest BCUT2D eigenvalue weighted by Crippen LogP contribution is 2.33. The fourth-order valence-electron chi connectivity index (χ4n) is 4.19. The number of sulfonamides is 1. The van der Waals surface area contributed by atoms with Gasteiger partial charge in [-0.15, -0.1) is 0 Å². The third-order valence-corrected chi connectivity index (χ3v) is 7.63. The topological polar surface area (TPSA) is 133 Å². The van der Waals surface area contributed by atoms with Crippen molar-refractivity contribution in [1.82, 2.24) is 23.8 Å². The molecule has 2 aromatic heterocycles. The second kappa shape index (κ2) is 10.1. The molecule has 4 rings (SSSR count). The maximum atomic E-state index is 15.0. The van der Waals surface area contributed by atoms with Crippen LogP contribution < -0.4 is 5.32 Å². The predicted molar refractivity (Wildman–Crippen MR) is 127 cm³/mol. The maximum absolute atomic E-state index is 15.0. The van der Waals surface area contributed by atoms with Crippen molar-refractivity contribution in [1.29, 1.82) is 0 Å². The lowest BCUT2D eigenvalue weighted by atomic mass is 10.0. The zero-order valence-corrected chi connectivity index (χ0v) is 20.8. The van der Waals surface area contributed by atoms with E-state index >= 15 is 0 Å². The first-order valence-corrected chi connectivity index (χ1v) is 13.1. The zero-order valence-electron chi connectivity index (χ0n) is 19.2. The van der Waals surface area contributed by atoms with Crippen molar-refractivity contribution in [3.63, 3.8) is 0 Å². The molecule has 0 radical (unpaired) electrons. The number of aliphatic hydroxyl groups excluding tert-OH is 2. The summed E-state index contributed by atoms with van der Waals surface area (Å²) in [6.07, 6.45) is -1.21. The Kier molecular flexibility index (Phi) is 7.44. The molecule has 3 heterocycles. The summed E-state index contributed by atoms with van der Waals surface area (Å²) in [5.74, 6) is -0.873. The van der Waals surface area contributed by atoms with E-state index in [9.17, 15) is 31.8 Å². The first-order valence-electron chi connectivity index (χ1n) is 10.9. The van der Waals surface area contributed by atoms with Crippen LogP contribution in [0.1, 0.15) is 25.2 Å². The monoisotopic (exact) mass is 548 g/mol. The Hall–Kier alpha value is -2.52. The molecule has 0 aliphatic carbocycles. The van der Waals surface area contributed by atoms with Crippen molar-refractivity contribution < 1.29 is 31.8 Å². The van der Waals surface area contributed by atoms with E-state index in [0.29, 0.717) is 0 Å². The molecule has 0 spiro atoms. The number of imidazole rings is 1. The highest BCUT2D eigenvalue weighted by molar-refractivity contribution is 7.88. The van der Waals surface area contributed by atoms with E-state index in [2.05, 4.69) is 20.3 Å². The van der Waals surface area contributed by atoms with E-state index in [-0.39, 0.29) is 58.6 Å². The fraction of sp³-hybridized carbons (Fsp3) is 0.476. The normalized spacial score (nSPS) is 20.2. The molecule has 36 heavy (non-hydrogen) atoms. The van der Waals surface area contributed by atoms with Crippen molar-refractivity contribution in [2.45, 2.75) is 44.6 Å². The number of hydrogen-bond acceptors (Lipinski definition) is 8. The van der Waals surface area contributed by atoms with Crippen LogP contribution in [0.25, 0.3) is 22.3 Å². The summed E-state index contributed by atoms with van der Waals surface area (Å²) in [6, 6.07) is 0.562. The molecule has 1 unspecified atom stereocenters. The van der Waals surface area contributed by atoms with Crippen LogP contribution in [0.4, 0.5) is 19.1 Å². The van der Waals surface area contributed by atoms with Crippen LogP contribution in [0, 0.1) is 5.82 Å². The van der Waals surface area contributed by atoms with E-state index in [1.54, 1.807) is 0 Å². The number of piperidine rings is 1. The highest BCUT2D eigenvalue weighted by atomic mass is 35.5. The number of halogens is 4. The van der Waals surface area contributed by atoms with Crippen molar-refractivity contribution in [2.75, 3.05) is 24.7 Å². The average Bonchev–Trinajstić information content (AvgIpc) is 3.19. The van der Waals surface area contributed by atoms with Gasteiger partial charge in [0.05, 0.1) is 46.9 Å². The number of fused-ring (bicyclic) bond motifs is 1. The first kappa shape index (κ1) is 26.5. The maximum Gasteiger partial charge on any atom is 0.258 e. The van der Waals surface area contributed by atoms with Crippen LogP contribution >= 0.6 is 11.6 Å². The van der Waals surface area contributed by atoms with Crippen LogP contribution in [0.2, 0.25) is 5.02 Å². The third kappa shape index (κ3) is 5.13. The fourth-order valence-corrected chi connectivity index (χ4v) is 5.25. The van der Waals surface area contributed by atoms with Gasteiger partial charge in [-0.25, -0.2) is 36.5 Å². The lowest BCUT2D eigenvalue weighted by Gasteiger charge is -2.34. The summed E-state index contributed by atoms with van der Waals surface area (Å²) in [4.78, 5) is 12.4. The molecule has 3 atom stereocenters. The lowest BCUT2D eigenvalue weighted by molar-refractivity contribution is 0.0895. The largest absolute Gasteiger partial charge is 0.390 e. The average molecular weight is 549 g/mol. The summed E-state index contributed by atoms with van der Waals surface area (Å²) in [5, 5.41) is 23.0. The molecule has 3 aromatic rings. The minimum atomic E-state index is -3.45. The van der Waals surface area contributed by atoms with E-state index in [0.717, 1.165) is 16.9 Å². The summed E-state index contributed by atoms with van der Waals surface area (Å²) in [5.41, 5.74) is 0.116. The van der Waals surface area contributed by atoms with Gasteiger partial charge in [0.15, 0.2) is 5.82 Å². The van der Waals surface area contributed by atoms with Gasteiger partial charge in [0.25, 0.3) is 6.43 Å². The summed E-state index contributed by atoms with van der Waals surface area (Å²) >= 11 is 6.28. The molecule has 1 aliphatic rings. The predicted octanol–water partition coefficient (Wildman–Crippen LogP) is 2.41. The van der Waals surface area contributed by atoms with Gasteiger partial charge < -0.3 is 20.1 Å². The molecule has 1 aromatic carbocycles. The number of β-amino-alcohol motifs (C(OH)–C–C–N with tert-alkyl or cyclic N) is 1. The minimum Gasteiger partial charge on any atom is -0.390 e. The number of rotatable bonds is 7. The Morgan fingerprint density at radius 2 is 2.03 bits per heavy atom. The summed E-state index contributed by atoms with van der Waals surface area (Å²) in [7, 11) is -3.45. The molecule has 1 aliphatic heterocycles. The van der Waals surface area contributed by atoms with E-state index < -0.39 is 47.1 Å². The van der Waals surface area contributed by atoms with E-state index in [1.165, 1.54) is 23.5 Å². The molecule has 15 heteroatoms. The molecule has 0 saturated carbocycles. The number of hydrogen-bond donors (Lipinski definition) is 3. The highest BCUT2D eigenvalue weighted by Gasteiger charge is 2.32. The molecule has 0 bridgehead atoms. The standard InChI is InChI=1S/C21H24ClF3N6O4S/c1-10(20(24)25)31-15-6-11(5-13(23)19(15)28-17(31)9-32)18-12(22)7-26-21(29-18)27-14-3-4-30(8-16(14)33)36(2,34)35/h5-7,10,14,16,20,32-33H,3-4,8-9H2,1-2H3,(H,26,27,29)/t10?,14-,16-/m1/s1. The van der Waals surface area contributed by atoms with Crippen LogP contribution in [-0.4, -0.2) is 80.4 Å². The first-order chi connectivity index (χ1) is 16.9. The van der Waals surface area contributed by atoms with Crippen molar-refractivity contribution in [3.8, 4) is 11.3 Å². The number of nitrogens with zero attached hydrogens (tertiary/aromatic N) is 5. The number of benzene rings is 1. The second-order valence-electron chi connectivity index (χ2n) is 8.58. The van der Waals surface area contributed by atoms with Crippen LogP contribution in [-0.2, 0) is 16.6 Å². The Morgan fingerprint density at radius 1 is 1.31 bits per heavy atom. The molecular formula is C21H24ClF3N6O4S. The second-order valence-corrected chi connectivity index (χ2v) is 11.0. The Morgan fingerprint density at radius 3 is 2.64 bits per heavy atom. The Balaban J connectivity index is 1.69. The SMILES string of the molecule is CC(C(F)F)n1c(CO)nc2c(F)cc(-c3nc(N[C@@H]4CCN(S(C)(=O)=O)C[C@H]4O)ncc3Cl)cc21. The molecule has 10 nitrogen and oxygen atoms in total. The van der Waals surface area contributed by atoms with Gasteiger partial charge in [-0.3, -0.25) is 0 Å². The van der Waals surface area contributed by atoms with Gasteiger partial charge in [-0.2, -0.15) is 4.31 Å². The van der Waals surface area contributed by atoms with Gasteiger partial charge in [0.1, 0.15) is 17.9 Å². The van der Waals surface area contributed by atoms with Crippen LogP contribution in [0.5, 0.6) is 0 Å². The van der Waals surface area contributed by atoms with E-state index in [1.807, 2.05) is 0 Å². The molecule has 3 N–H and O–H groups in total. The van der Waals surface area contributed by atoms with Crippen molar-refractivity contribution in [2.24, 2.45) is 0 Å². The van der Waals surface area contributed by atoms with Gasteiger partial charge in [0.2, 0.25) is 16.0 Å². The van der Waals surface area contributed by atoms with Crippen LogP contribution in [0.3, 0.4) is 0 Å². The van der Waals surface area contributed by atoms with Gasteiger partial charge in [-0.1, -0.05) is 11.6 Å². The number of nitrogens with one attached hydrogen (secondary N) is 1. The number of alkyl halides is 2. The Labute approximate surface area is 209 Å². The van der Waals surface area contributed by atoms with Crippen molar-refractivity contribution >= 4 is 38.6 Å². The molecule has 1 fully saturated rings. The lowest BCUT2D eigenvalue weighted by Crippen LogP contribution is -2.51. The summed E-state index contributed by atoms with van der Waals surface area (Å²) in [6.45, 7) is 0.659. The van der Waals surface area contributed by atoms with E-state index in [4.69, 9.17) is 11.6 Å². The number of aromatic nitrogens is 4. The number of aliphatic hydroxyl groups is 2.